The Morgan fingerprint density at radius 2 is 1.86 bits per heavy atom. The Bertz CT molecular complexity index is 953. The summed E-state index contributed by atoms with van der Waals surface area (Å²) in [6, 6.07) is 10.0. The molecule has 0 bridgehead atoms. The smallest absolute Gasteiger partial charge is 0.246 e. The Hall–Kier alpha value is -3.27. The second kappa shape index (κ2) is 7.77. The highest BCUT2D eigenvalue weighted by Crippen LogP contribution is 2.29. The van der Waals surface area contributed by atoms with Crippen LogP contribution < -0.4 is 5.32 Å². The minimum absolute atomic E-state index is 0.106. The van der Waals surface area contributed by atoms with Crippen LogP contribution in [-0.2, 0) is 16.0 Å². The van der Waals surface area contributed by atoms with Crippen molar-refractivity contribution in [1.29, 1.82) is 5.26 Å². The maximum absolute atomic E-state index is 14.3. The molecule has 1 saturated heterocycles. The Balaban J connectivity index is 1.84. The standard InChI is InChI=1S/C21H19F2N3O2/c1-12(18-14(11-24)4-3-5-16(18)23)19-21(28)26(2)17(20(27)25-19)10-13-6-8-15(22)9-7-13/h3-9,12,17,19H,10H2,1-2H3,(H,25,27). The molecule has 0 spiro atoms. The SMILES string of the molecule is CC(c1c(F)cccc1C#N)C1NC(=O)C(Cc2ccc(F)cc2)N(C)C1=O. The van der Waals surface area contributed by atoms with Crippen molar-refractivity contribution < 1.29 is 18.4 Å². The molecule has 144 valence electrons. The summed E-state index contributed by atoms with van der Waals surface area (Å²) in [6.45, 7) is 1.61. The summed E-state index contributed by atoms with van der Waals surface area (Å²) in [7, 11) is 1.52. The molecule has 0 aromatic heterocycles. The Labute approximate surface area is 161 Å². The van der Waals surface area contributed by atoms with Gasteiger partial charge in [0, 0.05) is 24.9 Å². The Morgan fingerprint density at radius 3 is 2.50 bits per heavy atom. The van der Waals surface area contributed by atoms with Crippen molar-refractivity contribution in [2.45, 2.75) is 31.3 Å². The minimum Gasteiger partial charge on any atom is -0.342 e. The zero-order valence-electron chi connectivity index (χ0n) is 15.4. The van der Waals surface area contributed by atoms with Gasteiger partial charge in [0.05, 0.1) is 11.6 Å². The number of amides is 2. The minimum atomic E-state index is -0.981. The predicted octanol–water partition coefficient (Wildman–Crippen LogP) is 2.51. The third kappa shape index (κ3) is 3.58. The van der Waals surface area contributed by atoms with Gasteiger partial charge in [0.2, 0.25) is 11.8 Å². The lowest BCUT2D eigenvalue weighted by Gasteiger charge is -2.39. The van der Waals surface area contributed by atoms with Gasteiger partial charge in [0.25, 0.3) is 0 Å². The van der Waals surface area contributed by atoms with E-state index >= 15 is 0 Å². The van der Waals surface area contributed by atoms with Crippen molar-refractivity contribution in [3.05, 3.63) is 70.8 Å². The molecule has 1 fully saturated rings. The fourth-order valence-electron chi connectivity index (χ4n) is 3.54. The van der Waals surface area contributed by atoms with Gasteiger partial charge in [0.1, 0.15) is 23.7 Å². The Kier molecular flexibility index (Phi) is 5.41. The lowest BCUT2D eigenvalue weighted by molar-refractivity contribution is -0.148. The van der Waals surface area contributed by atoms with Crippen LogP contribution in [-0.4, -0.2) is 35.8 Å². The molecular formula is C21H19F2N3O2. The second-order valence-corrected chi connectivity index (χ2v) is 6.88. The summed E-state index contributed by atoms with van der Waals surface area (Å²) in [5, 5.41) is 11.9. The molecule has 0 aliphatic carbocycles. The zero-order valence-corrected chi connectivity index (χ0v) is 15.4. The Morgan fingerprint density at radius 1 is 1.18 bits per heavy atom. The maximum Gasteiger partial charge on any atom is 0.246 e. The van der Waals surface area contributed by atoms with E-state index in [0.29, 0.717) is 5.56 Å². The van der Waals surface area contributed by atoms with Crippen molar-refractivity contribution in [3.63, 3.8) is 0 Å². The van der Waals surface area contributed by atoms with Crippen molar-refractivity contribution in [1.82, 2.24) is 10.2 Å². The molecule has 1 N–H and O–H groups in total. The summed E-state index contributed by atoms with van der Waals surface area (Å²) < 4.78 is 27.4. The number of nitrogens with zero attached hydrogens (tertiary/aromatic N) is 2. The summed E-state index contributed by atoms with van der Waals surface area (Å²) >= 11 is 0. The normalized spacial score (nSPS) is 20.5. The van der Waals surface area contributed by atoms with Crippen LogP contribution in [0.3, 0.4) is 0 Å². The van der Waals surface area contributed by atoms with Gasteiger partial charge in [-0.3, -0.25) is 9.59 Å². The molecule has 28 heavy (non-hydrogen) atoms. The summed E-state index contributed by atoms with van der Waals surface area (Å²) in [6.07, 6.45) is 0.235. The molecule has 1 aliphatic heterocycles. The summed E-state index contributed by atoms with van der Waals surface area (Å²) in [4.78, 5) is 26.9. The van der Waals surface area contributed by atoms with Crippen LogP contribution in [0.15, 0.2) is 42.5 Å². The third-order valence-electron chi connectivity index (χ3n) is 5.15. The van der Waals surface area contributed by atoms with Gasteiger partial charge in [-0.15, -0.1) is 0 Å². The van der Waals surface area contributed by atoms with Crippen LogP contribution in [0.2, 0.25) is 0 Å². The average Bonchev–Trinajstić information content (AvgIpc) is 2.68. The highest BCUT2D eigenvalue weighted by Gasteiger charge is 2.42. The van der Waals surface area contributed by atoms with Crippen molar-refractivity contribution >= 4 is 11.8 Å². The number of hydrogen-bond acceptors (Lipinski definition) is 3. The van der Waals surface area contributed by atoms with Crippen LogP contribution in [0.5, 0.6) is 0 Å². The fourth-order valence-corrected chi connectivity index (χ4v) is 3.54. The molecule has 3 rings (SSSR count). The quantitative estimate of drug-likeness (QED) is 0.882. The molecular weight excluding hydrogens is 364 g/mol. The van der Waals surface area contributed by atoms with E-state index < -0.39 is 23.8 Å². The summed E-state index contributed by atoms with van der Waals surface area (Å²) in [5.41, 5.74) is 0.952. The number of likely N-dealkylation sites (N-methyl/N-ethyl adjacent to an activating group) is 1. The lowest BCUT2D eigenvalue weighted by atomic mass is 9.86. The highest BCUT2D eigenvalue weighted by molar-refractivity contribution is 5.97. The first kappa shape index (κ1) is 19.5. The predicted molar refractivity (Wildman–Crippen MR) is 98.1 cm³/mol. The molecule has 7 heteroatoms. The first-order valence-electron chi connectivity index (χ1n) is 8.83. The van der Waals surface area contributed by atoms with E-state index in [9.17, 15) is 23.6 Å². The number of carbonyl (C=O) groups is 2. The number of piperazine rings is 1. The average molecular weight is 383 g/mol. The first-order valence-corrected chi connectivity index (χ1v) is 8.83. The van der Waals surface area contributed by atoms with E-state index in [2.05, 4.69) is 5.32 Å². The van der Waals surface area contributed by atoms with Gasteiger partial charge in [-0.2, -0.15) is 5.26 Å². The van der Waals surface area contributed by atoms with Gasteiger partial charge >= 0.3 is 0 Å². The van der Waals surface area contributed by atoms with Crippen molar-refractivity contribution in [3.8, 4) is 6.07 Å². The van der Waals surface area contributed by atoms with Crippen LogP contribution in [0, 0.1) is 23.0 Å². The van der Waals surface area contributed by atoms with E-state index in [-0.39, 0.29) is 35.2 Å². The topological polar surface area (TPSA) is 73.2 Å². The number of rotatable bonds is 4. The van der Waals surface area contributed by atoms with Crippen LogP contribution >= 0.6 is 0 Å². The van der Waals surface area contributed by atoms with Crippen molar-refractivity contribution in [2.75, 3.05) is 7.05 Å². The van der Waals surface area contributed by atoms with Crippen LogP contribution in [0.25, 0.3) is 0 Å². The van der Waals surface area contributed by atoms with E-state index in [1.165, 1.54) is 42.3 Å². The largest absolute Gasteiger partial charge is 0.342 e. The molecule has 1 heterocycles. The van der Waals surface area contributed by atoms with Gasteiger partial charge in [-0.1, -0.05) is 25.1 Å². The van der Waals surface area contributed by atoms with Gasteiger partial charge in [0.15, 0.2) is 0 Å². The number of carbonyl (C=O) groups excluding carboxylic acids is 2. The van der Waals surface area contributed by atoms with E-state index in [4.69, 9.17) is 0 Å². The number of halogens is 2. The van der Waals surface area contributed by atoms with E-state index in [0.717, 1.165) is 0 Å². The molecule has 3 atom stereocenters. The number of hydrogen-bond donors (Lipinski definition) is 1. The van der Waals surface area contributed by atoms with Crippen LogP contribution in [0.1, 0.15) is 29.5 Å². The molecule has 1 aliphatic rings. The third-order valence-corrected chi connectivity index (χ3v) is 5.15. The molecule has 0 saturated carbocycles. The molecule has 2 aromatic rings. The van der Waals surface area contributed by atoms with Gasteiger partial charge in [-0.25, -0.2) is 8.78 Å². The van der Waals surface area contributed by atoms with Crippen molar-refractivity contribution in [2.24, 2.45) is 0 Å². The number of nitriles is 1. The lowest BCUT2D eigenvalue weighted by Crippen LogP contribution is -2.64. The molecule has 5 nitrogen and oxygen atoms in total. The number of nitrogens with one attached hydrogen (secondary N) is 1. The maximum atomic E-state index is 14.3. The highest BCUT2D eigenvalue weighted by atomic mass is 19.1. The van der Waals surface area contributed by atoms with Gasteiger partial charge in [-0.05, 0) is 29.8 Å². The second-order valence-electron chi connectivity index (χ2n) is 6.88. The number of benzene rings is 2. The molecule has 0 radical (unpaired) electrons. The monoisotopic (exact) mass is 383 g/mol. The zero-order chi connectivity index (χ0) is 20.4. The molecule has 2 aromatic carbocycles. The van der Waals surface area contributed by atoms with Crippen LogP contribution in [0.4, 0.5) is 8.78 Å². The van der Waals surface area contributed by atoms with E-state index in [1.807, 2.05) is 6.07 Å². The first-order chi connectivity index (χ1) is 13.3. The summed E-state index contributed by atoms with van der Waals surface area (Å²) in [5.74, 6) is -2.44. The fraction of sp³-hybridized carbons (Fsp3) is 0.286. The van der Waals surface area contributed by atoms with E-state index in [1.54, 1.807) is 19.1 Å². The molecule has 3 unspecified atom stereocenters. The molecule has 2 amide bonds. The van der Waals surface area contributed by atoms with Gasteiger partial charge < -0.3 is 10.2 Å².